The highest BCUT2D eigenvalue weighted by Gasteiger charge is 2.03. The van der Waals surface area contributed by atoms with Gasteiger partial charge in [0.25, 0.3) is 11.5 Å². The Morgan fingerprint density at radius 2 is 1.71 bits per heavy atom. The number of hydrogen-bond donors (Lipinski definition) is 2. The maximum absolute atomic E-state index is 12.2. The van der Waals surface area contributed by atoms with Crippen LogP contribution in [0.1, 0.15) is 11.1 Å². The molecule has 0 fully saturated rings. The molecule has 2 aromatic carbocycles. The summed E-state index contributed by atoms with van der Waals surface area (Å²) in [6, 6.07) is 12.8. The Morgan fingerprint density at radius 1 is 1.07 bits per heavy atom. The number of carbonyl (C=O) groups is 1. The zero-order valence-electron chi connectivity index (χ0n) is 15.7. The molecule has 0 saturated carbocycles. The van der Waals surface area contributed by atoms with Gasteiger partial charge in [-0.05, 0) is 42.8 Å². The van der Waals surface area contributed by atoms with E-state index in [-0.39, 0.29) is 11.5 Å². The number of thiazole rings is 1. The molecule has 144 valence electrons. The molecule has 0 bridgehead atoms. The van der Waals surface area contributed by atoms with Crippen molar-refractivity contribution in [3.63, 3.8) is 0 Å². The summed E-state index contributed by atoms with van der Waals surface area (Å²) in [6.45, 7) is 1.98. The van der Waals surface area contributed by atoms with E-state index in [1.807, 2.05) is 31.2 Å². The minimum absolute atomic E-state index is 0.263. The first-order chi connectivity index (χ1) is 13.5. The third-order valence-corrected chi connectivity index (χ3v) is 4.90. The van der Waals surface area contributed by atoms with Crippen LogP contribution in [0.4, 0.5) is 5.69 Å². The molecule has 0 spiro atoms. The Morgan fingerprint density at radius 3 is 2.32 bits per heavy atom. The van der Waals surface area contributed by atoms with Crippen molar-refractivity contribution in [3.05, 3.63) is 73.1 Å². The number of carbonyl (C=O) groups excluding carboxylic acids is 1. The number of aryl methyl sites for hydroxylation is 1. The van der Waals surface area contributed by atoms with Gasteiger partial charge in [-0.25, -0.2) is 0 Å². The van der Waals surface area contributed by atoms with Crippen molar-refractivity contribution in [3.8, 4) is 11.5 Å². The highest BCUT2D eigenvalue weighted by molar-refractivity contribution is 7.07. The average Bonchev–Trinajstić information content (AvgIpc) is 3.01. The fourth-order valence-electron chi connectivity index (χ4n) is 2.52. The molecule has 0 aliphatic rings. The molecule has 1 aromatic heterocycles. The molecule has 0 aliphatic heterocycles. The number of anilines is 1. The largest absolute Gasteiger partial charge is 0.497 e. The molecule has 0 radical (unpaired) electrons. The van der Waals surface area contributed by atoms with Crippen LogP contribution in [0.2, 0.25) is 0 Å². The lowest BCUT2D eigenvalue weighted by Gasteiger charge is -2.05. The highest BCUT2D eigenvalue weighted by atomic mass is 32.1. The van der Waals surface area contributed by atoms with Gasteiger partial charge in [-0.3, -0.25) is 9.59 Å². The second-order valence-corrected chi connectivity index (χ2v) is 7.16. The van der Waals surface area contributed by atoms with Crippen LogP contribution in [0.15, 0.2) is 47.3 Å². The van der Waals surface area contributed by atoms with Gasteiger partial charge >= 0.3 is 0 Å². The van der Waals surface area contributed by atoms with Crippen molar-refractivity contribution >= 4 is 35.1 Å². The molecule has 0 unspecified atom stereocenters. The lowest BCUT2D eigenvalue weighted by molar-refractivity contribution is -0.110. The molecular weight excluding hydrogens is 376 g/mol. The number of methoxy groups -OCH3 is 2. The van der Waals surface area contributed by atoms with E-state index in [4.69, 9.17) is 9.47 Å². The highest BCUT2D eigenvalue weighted by Crippen LogP contribution is 2.22. The topological polar surface area (TPSA) is 80.4 Å². The van der Waals surface area contributed by atoms with Crippen LogP contribution in [0.3, 0.4) is 0 Å². The van der Waals surface area contributed by atoms with Crippen molar-refractivity contribution < 1.29 is 14.3 Å². The van der Waals surface area contributed by atoms with Crippen molar-refractivity contribution in [2.45, 2.75) is 6.92 Å². The van der Waals surface area contributed by atoms with Crippen LogP contribution in [0.5, 0.6) is 11.5 Å². The number of ether oxygens (including phenoxy) is 2. The van der Waals surface area contributed by atoms with E-state index in [9.17, 15) is 9.59 Å². The number of benzene rings is 2. The first-order valence-electron chi connectivity index (χ1n) is 8.50. The van der Waals surface area contributed by atoms with Crippen molar-refractivity contribution in [1.29, 1.82) is 0 Å². The van der Waals surface area contributed by atoms with Crippen molar-refractivity contribution in [2.75, 3.05) is 19.5 Å². The summed E-state index contributed by atoms with van der Waals surface area (Å²) in [5.41, 5.74) is 2.31. The number of nitrogens with one attached hydrogen (secondary N) is 2. The number of aromatic nitrogens is 1. The Bertz CT molecular complexity index is 1140. The Kier molecular flexibility index (Phi) is 5.96. The van der Waals surface area contributed by atoms with E-state index in [0.717, 1.165) is 11.1 Å². The van der Waals surface area contributed by atoms with E-state index < -0.39 is 0 Å². The molecule has 0 atom stereocenters. The third kappa shape index (κ3) is 4.89. The molecule has 3 rings (SSSR count). The monoisotopic (exact) mass is 396 g/mol. The minimum Gasteiger partial charge on any atom is -0.497 e. The van der Waals surface area contributed by atoms with E-state index in [1.54, 1.807) is 38.5 Å². The normalized spacial score (nSPS) is 12.1. The molecular formula is C21H20N2O4S. The van der Waals surface area contributed by atoms with E-state index in [1.165, 1.54) is 17.4 Å². The summed E-state index contributed by atoms with van der Waals surface area (Å²) in [5.74, 6) is 0.946. The maximum atomic E-state index is 12.2. The fraction of sp³-hybridized carbons (Fsp3) is 0.143. The lowest BCUT2D eigenvalue weighted by atomic mass is 10.2. The predicted octanol–water partition coefficient (Wildman–Crippen LogP) is 2.01. The van der Waals surface area contributed by atoms with Gasteiger partial charge in [0, 0.05) is 17.8 Å². The van der Waals surface area contributed by atoms with Crippen LogP contribution in [-0.2, 0) is 4.79 Å². The summed E-state index contributed by atoms with van der Waals surface area (Å²) in [7, 11) is 3.13. The smallest absolute Gasteiger partial charge is 0.266 e. The fourth-order valence-corrected chi connectivity index (χ4v) is 3.41. The van der Waals surface area contributed by atoms with Gasteiger partial charge in [-0.1, -0.05) is 17.7 Å². The zero-order chi connectivity index (χ0) is 20.1. The predicted molar refractivity (Wildman–Crippen MR) is 112 cm³/mol. The van der Waals surface area contributed by atoms with Crippen LogP contribution in [-0.4, -0.2) is 25.1 Å². The van der Waals surface area contributed by atoms with E-state index in [0.29, 0.717) is 26.4 Å². The molecule has 0 aliphatic carbocycles. The standard InChI is InChI=1S/C21H20N2O4S/c1-13-4-6-15(7-5-13)22-19(24)12-20-23-21(25)18(28-20)10-14-8-16(26-2)11-17(9-14)27-3/h4-12H,1-3H3,(H,22,24)(H,23,25). The number of H-pyrrole nitrogens is 1. The van der Waals surface area contributed by atoms with Gasteiger partial charge in [0.2, 0.25) is 0 Å². The molecule has 6 nitrogen and oxygen atoms in total. The first kappa shape index (κ1) is 19.4. The summed E-state index contributed by atoms with van der Waals surface area (Å²) in [5, 5.41) is 2.77. The Hall–Kier alpha value is -3.32. The Labute approximate surface area is 165 Å². The summed E-state index contributed by atoms with van der Waals surface area (Å²) < 4.78 is 11.4. The van der Waals surface area contributed by atoms with Crippen molar-refractivity contribution in [1.82, 2.24) is 4.98 Å². The summed E-state index contributed by atoms with van der Waals surface area (Å²) in [6.07, 6.45) is 3.10. The van der Waals surface area contributed by atoms with Gasteiger partial charge in [-0.2, -0.15) is 0 Å². The van der Waals surface area contributed by atoms with Crippen LogP contribution in [0.25, 0.3) is 12.2 Å². The average molecular weight is 396 g/mol. The third-order valence-electron chi connectivity index (χ3n) is 3.93. The summed E-state index contributed by atoms with van der Waals surface area (Å²) >= 11 is 1.20. The molecule has 3 aromatic rings. The van der Waals surface area contributed by atoms with E-state index in [2.05, 4.69) is 10.3 Å². The second kappa shape index (κ2) is 8.58. The molecule has 1 amide bonds. The second-order valence-electron chi connectivity index (χ2n) is 6.07. The number of aromatic amines is 1. The number of amides is 1. The maximum Gasteiger partial charge on any atom is 0.266 e. The van der Waals surface area contributed by atoms with Gasteiger partial charge in [-0.15, -0.1) is 11.3 Å². The van der Waals surface area contributed by atoms with Crippen LogP contribution in [0, 0.1) is 6.92 Å². The van der Waals surface area contributed by atoms with Gasteiger partial charge in [0.05, 0.1) is 18.8 Å². The minimum atomic E-state index is -0.309. The van der Waals surface area contributed by atoms with Gasteiger partial charge in [0.1, 0.15) is 16.2 Å². The van der Waals surface area contributed by atoms with Crippen molar-refractivity contribution in [2.24, 2.45) is 0 Å². The van der Waals surface area contributed by atoms with Gasteiger partial charge < -0.3 is 19.8 Å². The lowest BCUT2D eigenvalue weighted by Crippen LogP contribution is -2.20. The number of hydrogen-bond acceptors (Lipinski definition) is 5. The summed E-state index contributed by atoms with van der Waals surface area (Å²) in [4.78, 5) is 27.1. The molecule has 28 heavy (non-hydrogen) atoms. The quantitative estimate of drug-likeness (QED) is 0.691. The van der Waals surface area contributed by atoms with Gasteiger partial charge in [0.15, 0.2) is 0 Å². The van der Waals surface area contributed by atoms with Crippen LogP contribution < -0.4 is 29.5 Å². The van der Waals surface area contributed by atoms with E-state index >= 15 is 0 Å². The zero-order valence-corrected chi connectivity index (χ0v) is 16.6. The molecule has 7 heteroatoms. The van der Waals surface area contributed by atoms with Crippen LogP contribution >= 0.6 is 11.3 Å². The number of rotatable bonds is 5. The SMILES string of the molecule is COc1cc(C=c2sc(=CC(=O)Nc3ccc(C)cc3)[nH]c2=O)cc(OC)c1. The first-order valence-corrected chi connectivity index (χ1v) is 9.32. The molecule has 1 heterocycles. The molecule has 2 N–H and O–H groups in total. The molecule has 0 saturated heterocycles. The Balaban J connectivity index is 1.89.